The zero-order chi connectivity index (χ0) is 19.8. The fraction of sp³-hybridized carbons (Fsp3) is 1.00. The van der Waals surface area contributed by atoms with E-state index in [0.29, 0.717) is 6.10 Å². The Morgan fingerprint density at radius 1 is 0.407 bits per heavy atom. The van der Waals surface area contributed by atoms with Crippen LogP contribution in [0.2, 0.25) is 0 Å². The van der Waals surface area contributed by atoms with Crippen LogP contribution in [0.25, 0.3) is 0 Å². The van der Waals surface area contributed by atoms with Gasteiger partial charge in [0.2, 0.25) is 0 Å². The third-order valence-electron chi connectivity index (χ3n) is 6.09. The Kier molecular flexibility index (Phi) is 24.0. The normalized spacial score (nSPS) is 12.6. The molecular formula is C26H54O. The highest BCUT2D eigenvalue weighted by atomic mass is 16.5. The summed E-state index contributed by atoms with van der Waals surface area (Å²) < 4.78 is 5.70. The topological polar surface area (TPSA) is 9.23 Å². The van der Waals surface area contributed by atoms with Crippen molar-refractivity contribution < 1.29 is 4.74 Å². The first kappa shape index (κ1) is 27.0. The van der Waals surface area contributed by atoms with Crippen LogP contribution in [0.3, 0.4) is 0 Å². The van der Waals surface area contributed by atoms with Crippen molar-refractivity contribution in [1.82, 2.24) is 0 Å². The first-order chi connectivity index (χ1) is 13.3. The minimum Gasteiger partial charge on any atom is -0.381 e. The molecule has 0 radical (unpaired) electrons. The SMILES string of the molecule is CCCCCCCCCCCCCCCC(CCCCCCCCC)OC. The summed E-state index contributed by atoms with van der Waals surface area (Å²) in [5.74, 6) is 0. The van der Waals surface area contributed by atoms with E-state index in [4.69, 9.17) is 4.74 Å². The summed E-state index contributed by atoms with van der Waals surface area (Å²) in [6, 6.07) is 0. The number of hydrogen-bond donors (Lipinski definition) is 0. The van der Waals surface area contributed by atoms with E-state index in [1.54, 1.807) is 0 Å². The van der Waals surface area contributed by atoms with Gasteiger partial charge in [0.15, 0.2) is 0 Å². The van der Waals surface area contributed by atoms with Crippen LogP contribution < -0.4 is 0 Å². The molecular weight excluding hydrogens is 328 g/mol. The minimum atomic E-state index is 0.522. The van der Waals surface area contributed by atoms with E-state index in [9.17, 15) is 0 Å². The predicted octanol–water partition coefficient (Wildman–Crippen LogP) is 9.62. The molecule has 0 heterocycles. The van der Waals surface area contributed by atoms with Crippen molar-refractivity contribution in [2.45, 2.75) is 161 Å². The van der Waals surface area contributed by atoms with Crippen LogP contribution in [-0.2, 0) is 4.74 Å². The van der Waals surface area contributed by atoms with E-state index in [2.05, 4.69) is 13.8 Å². The van der Waals surface area contributed by atoms with Crippen molar-refractivity contribution in [3.8, 4) is 0 Å². The lowest BCUT2D eigenvalue weighted by Gasteiger charge is -2.15. The molecule has 1 unspecified atom stereocenters. The monoisotopic (exact) mass is 382 g/mol. The molecule has 0 aliphatic heterocycles. The second kappa shape index (κ2) is 24.0. The molecule has 0 amide bonds. The van der Waals surface area contributed by atoms with E-state index in [0.717, 1.165) is 0 Å². The molecule has 0 aliphatic carbocycles. The van der Waals surface area contributed by atoms with Gasteiger partial charge in [0, 0.05) is 7.11 Å². The van der Waals surface area contributed by atoms with Gasteiger partial charge in [0.1, 0.15) is 0 Å². The number of methoxy groups -OCH3 is 1. The highest BCUT2D eigenvalue weighted by Gasteiger charge is 2.06. The van der Waals surface area contributed by atoms with Gasteiger partial charge in [0.05, 0.1) is 6.10 Å². The van der Waals surface area contributed by atoms with Gasteiger partial charge in [0.25, 0.3) is 0 Å². The van der Waals surface area contributed by atoms with Gasteiger partial charge in [-0.2, -0.15) is 0 Å². The quantitative estimate of drug-likeness (QED) is 0.160. The smallest absolute Gasteiger partial charge is 0.0571 e. The maximum Gasteiger partial charge on any atom is 0.0571 e. The summed E-state index contributed by atoms with van der Waals surface area (Å²) in [5, 5.41) is 0. The van der Waals surface area contributed by atoms with Crippen molar-refractivity contribution in [2.75, 3.05) is 7.11 Å². The first-order valence-electron chi connectivity index (χ1n) is 12.9. The summed E-state index contributed by atoms with van der Waals surface area (Å²) in [7, 11) is 1.91. The largest absolute Gasteiger partial charge is 0.381 e. The number of ether oxygens (including phenoxy) is 1. The molecule has 0 bridgehead atoms. The van der Waals surface area contributed by atoms with Crippen LogP contribution in [-0.4, -0.2) is 13.2 Å². The standard InChI is InChI=1S/C26H54O/c1-4-6-8-10-12-13-14-15-16-17-19-21-23-25-26(27-3)24-22-20-18-11-9-7-5-2/h26H,4-25H2,1-3H3. The van der Waals surface area contributed by atoms with Gasteiger partial charge in [-0.15, -0.1) is 0 Å². The highest BCUT2D eigenvalue weighted by Crippen LogP contribution is 2.17. The first-order valence-corrected chi connectivity index (χ1v) is 12.9. The van der Waals surface area contributed by atoms with Gasteiger partial charge in [-0.25, -0.2) is 0 Å². The molecule has 1 heteroatoms. The van der Waals surface area contributed by atoms with Gasteiger partial charge in [-0.3, -0.25) is 0 Å². The fourth-order valence-corrected chi connectivity index (χ4v) is 4.10. The summed E-state index contributed by atoms with van der Waals surface area (Å²) in [4.78, 5) is 0. The molecule has 164 valence electrons. The minimum absolute atomic E-state index is 0.522. The molecule has 0 saturated heterocycles. The van der Waals surface area contributed by atoms with Crippen molar-refractivity contribution in [3.05, 3.63) is 0 Å². The molecule has 0 N–H and O–H groups in total. The van der Waals surface area contributed by atoms with Crippen molar-refractivity contribution in [1.29, 1.82) is 0 Å². The average molecular weight is 383 g/mol. The van der Waals surface area contributed by atoms with Crippen LogP contribution in [0, 0.1) is 0 Å². The maximum atomic E-state index is 5.70. The van der Waals surface area contributed by atoms with Crippen LogP contribution in [0.5, 0.6) is 0 Å². The molecule has 0 aromatic rings. The Labute approximate surface area is 173 Å². The molecule has 0 aromatic carbocycles. The van der Waals surface area contributed by atoms with Gasteiger partial charge < -0.3 is 4.74 Å². The van der Waals surface area contributed by atoms with Crippen molar-refractivity contribution >= 4 is 0 Å². The molecule has 27 heavy (non-hydrogen) atoms. The molecule has 1 atom stereocenters. The second-order valence-electron chi connectivity index (χ2n) is 8.80. The third-order valence-corrected chi connectivity index (χ3v) is 6.09. The van der Waals surface area contributed by atoms with Crippen molar-refractivity contribution in [2.24, 2.45) is 0 Å². The fourth-order valence-electron chi connectivity index (χ4n) is 4.10. The molecule has 1 nitrogen and oxygen atoms in total. The Morgan fingerprint density at radius 3 is 0.926 bits per heavy atom. The van der Waals surface area contributed by atoms with Gasteiger partial charge >= 0.3 is 0 Å². The Morgan fingerprint density at radius 2 is 0.667 bits per heavy atom. The zero-order valence-corrected chi connectivity index (χ0v) is 19.5. The van der Waals surface area contributed by atoms with Crippen LogP contribution >= 0.6 is 0 Å². The van der Waals surface area contributed by atoms with E-state index in [-0.39, 0.29) is 0 Å². The van der Waals surface area contributed by atoms with Crippen LogP contribution in [0.1, 0.15) is 155 Å². The van der Waals surface area contributed by atoms with Crippen LogP contribution in [0.4, 0.5) is 0 Å². The molecule has 0 aliphatic rings. The lowest BCUT2D eigenvalue weighted by atomic mass is 10.0. The summed E-state index contributed by atoms with van der Waals surface area (Å²) in [6.45, 7) is 4.59. The summed E-state index contributed by atoms with van der Waals surface area (Å²) >= 11 is 0. The number of unbranched alkanes of at least 4 members (excludes halogenated alkanes) is 18. The van der Waals surface area contributed by atoms with E-state index < -0.39 is 0 Å². The Bertz CT molecular complexity index is 251. The lowest BCUT2D eigenvalue weighted by molar-refractivity contribution is 0.0831. The molecule has 0 rings (SSSR count). The maximum absolute atomic E-state index is 5.70. The molecule has 0 saturated carbocycles. The van der Waals surface area contributed by atoms with Crippen LogP contribution in [0.15, 0.2) is 0 Å². The zero-order valence-electron chi connectivity index (χ0n) is 19.5. The number of rotatable bonds is 23. The third kappa shape index (κ3) is 22.1. The van der Waals surface area contributed by atoms with E-state index in [1.807, 2.05) is 7.11 Å². The highest BCUT2D eigenvalue weighted by molar-refractivity contribution is 4.59. The average Bonchev–Trinajstić information content (AvgIpc) is 2.69. The summed E-state index contributed by atoms with van der Waals surface area (Å²) in [6.07, 6.45) is 31.6. The molecule has 0 fully saturated rings. The second-order valence-corrected chi connectivity index (χ2v) is 8.80. The van der Waals surface area contributed by atoms with Crippen molar-refractivity contribution in [3.63, 3.8) is 0 Å². The lowest BCUT2D eigenvalue weighted by Crippen LogP contribution is -2.10. The molecule has 0 aromatic heterocycles. The Hall–Kier alpha value is -0.0400. The molecule has 0 spiro atoms. The van der Waals surface area contributed by atoms with E-state index >= 15 is 0 Å². The summed E-state index contributed by atoms with van der Waals surface area (Å²) in [5.41, 5.74) is 0. The Balaban J connectivity index is 3.25. The number of hydrogen-bond acceptors (Lipinski definition) is 1. The predicted molar refractivity (Wildman–Crippen MR) is 124 cm³/mol. The van der Waals surface area contributed by atoms with Gasteiger partial charge in [-0.05, 0) is 12.8 Å². The van der Waals surface area contributed by atoms with E-state index in [1.165, 1.54) is 141 Å². The van der Waals surface area contributed by atoms with Gasteiger partial charge in [-0.1, -0.05) is 142 Å².